The third-order valence-corrected chi connectivity index (χ3v) is 5.37. The molecular weight excluding hydrogens is 286 g/mol. The molecule has 2 aromatic carbocycles. The van der Waals surface area contributed by atoms with Gasteiger partial charge in [-0.15, -0.1) is 0 Å². The highest BCUT2D eigenvalue weighted by Gasteiger charge is 2.42. The molecule has 0 aliphatic carbocycles. The fourth-order valence-corrected chi connectivity index (χ4v) is 3.91. The third kappa shape index (κ3) is 2.75. The number of piperidine rings is 1. The summed E-state index contributed by atoms with van der Waals surface area (Å²) in [6, 6.07) is 16.9. The lowest BCUT2D eigenvalue weighted by atomic mass is 9.74. The highest BCUT2D eigenvalue weighted by atomic mass is 16.5. The molecule has 2 aromatic rings. The molecule has 1 N–H and O–H groups in total. The molecule has 1 saturated heterocycles. The van der Waals surface area contributed by atoms with Gasteiger partial charge in [-0.2, -0.15) is 0 Å². The Morgan fingerprint density at radius 2 is 1.78 bits per heavy atom. The maximum Gasteiger partial charge on any atom is 0.123 e. The van der Waals surface area contributed by atoms with E-state index in [4.69, 9.17) is 4.74 Å². The molecule has 3 heteroatoms. The fraction of sp³-hybridized carbons (Fsp3) is 0.400. The minimum absolute atomic E-state index is 0.0779. The van der Waals surface area contributed by atoms with Crippen molar-refractivity contribution in [2.24, 2.45) is 0 Å². The first kappa shape index (κ1) is 14.7. The Kier molecular flexibility index (Phi) is 3.83. The van der Waals surface area contributed by atoms with Crippen LogP contribution in [-0.4, -0.2) is 29.7 Å². The van der Waals surface area contributed by atoms with Gasteiger partial charge in [-0.05, 0) is 43.1 Å². The Morgan fingerprint density at radius 1 is 1.00 bits per heavy atom. The monoisotopic (exact) mass is 309 g/mol. The van der Waals surface area contributed by atoms with Crippen molar-refractivity contribution in [2.45, 2.75) is 31.4 Å². The van der Waals surface area contributed by atoms with E-state index in [-0.39, 0.29) is 12.0 Å². The summed E-state index contributed by atoms with van der Waals surface area (Å²) in [5, 5.41) is 9.28. The molecular formula is C20H23NO2. The first-order chi connectivity index (χ1) is 11.3. The normalized spacial score (nSPS) is 19.5. The summed E-state index contributed by atoms with van der Waals surface area (Å²) in [7, 11) is 0. The topological polar surface area (TPSA) is 32.7 Å². The minimum atomic E-state index is 0.0779. The Hall–Kier alpha value is -1.84. The molecule has 1 spiro atoms. The molecule has 2 aliphatic heterocycles. The summed E-state index contributed by atoms with van der Waals surface area (Å²) in [6.45, 7) is 4.12. The molecule has 2 heterocycles. The van der Waals surface area contributed by atoms with Gasteiger partial charge in [-0.3, -0.25) is 4.90 Å². The number of likely N-dealkylation sites (tertiary alicyclic amines) is 1. The van der Waals surface area contributed by atoms with Crippen LogP contribution in [-0.2, 0) is 18.6 Å². The zero-order valence-corrected chi connectivity index (χ0v) is 13.4. The van der Waals surface area contributed by atoms with Crippen molar-refractivity contribution in [3.63, 3.8) is 0 Å². The largest absolute Gasteiger partial charge is 0.492 e. The van der Waals surface area contributed by atoms with Crippen molar-refractivity contribution in [1.29, 1.82) is 0 Å². The predicted octanol–water partition coefficient (Wildman–Crippen LogP) is 3.11. The van der Waals surface area contributed by atoms with Crippen LogP contribution in [0.5, 0.6) is 5.75 Å². The lowest BCUT2D eigenvalue weighted by molar-refractivity contribution is 0.130. The van der Waals surface area contributed by atoms with Crippen molar-refractivity contribution in [1.82, 2.24) is 4.90 Å². The Morgan fingerprint density at radius 3 is 2.52 bits per heavy atom. The summed E-state index contributed by atoms with van der Waals surface area (Å²) < 4.78 is 5.96. The van der Waals surface area contributed by atoms with E-state index in [1.807, 2.05) is 12.1 Å². The summed E-state index contributed by atoms with van der Waals surface area (Å²) in [5.74, 6) is 0.980. The van der Waals surface area contributed by atoms with E-state index in [1.54, 1.807) is 0 Å². The molecule has 0 amide bonds. The molecule has 0 saturated carbocycles. The zero-order valence-electron chi connectivity index (χ0n) is 13.4. The van der Waals surface area contributed by atoms with Gasteiger partial charge in [-0.25, -0.2) is 0 Å². The number of aliphatic hydroxyl groups is 1. The van der Waals surface area contributed by atoms with Crippen LogP contribution in [0.15, 0.2) is 48.5 Å². The van der Waals surface area contributed by atoms with Gasteiger partial charge in [0.05, 0.1) is 13.2 Å². The number of hydrogen-bond donors (Lipinski definition) is 1. The maximum absolute atomic E-state index is 9.28. The second kappa shape index (κ2) is 5.99. The van der Waals surface area contributed by atoms with Crippen LogP contribution < -0.4 is 4.74 Å². The summed E-state index contributed by atoms with van der Waals surface area (Å²) in [5.41, 5.74) is 3.84. The summed E-state index contributed by atoms with van der Waals surface area (Å²) in [4.78, 5) is 2.54. The van der Waals surface area contributed by atoms with Crippen LogP contribution in [0.3, 0.4) is 0 Å². The number of hydrogen-bond acceptors (Lipinski definition) is 3. The highest BCUT2D eigenvalue weighted by molar-refractivity contribution is 5.46. The second-order valence-corrected chi connectivity index (χ2v) is 6.82. The first-order valence-electron chi connectivity index (χ1n) is 8.42. The van der Waals surface area contributed by atoms with Gasteiger partial charge in [0, 0.05) is 17.5 Å². The number of benzene rings is 2. The van der Waals surface area contributed by atoms with Crippen molar-refractivity contribution >= 4 is 0 Å². The quantitative estimate of drug-likeness (QED) is 0.945. The molecule has 4 rings (SSSR count). The van der Waals surface area contributed by atoms with Crippen LogP contribution in [0.25, 0.3) is 0 Å². The average Bonchev–Trinajstić information content (AvgIpc) is 2.96. The first-order valence-corrected chi connectivity index (χ1v) is 8.42. The van der Waals surface area contributed by atoms with Crippen LogP contribution in [0.2, 0.25) is 0 Å². The van der Waals surface area contributed by atoms with E-state index in [0.29, 0.717) is 0 Å². The maximum atomic E-state index is 9.28. The number of rotatable bonds is 3. The lowest BCUT2D eigenvalue weighted by Crippen LogP contribution is -2.43. The Balaban J connectivity index is 1.46. The van der Waals surface area contributed by atoms with Crippen molar-refractivity contribution in [2.75, 3.05) is 19.7 Å². The summed E-state index contributed by atoms with van der Waals surface area (Å²) in [6.07, 6.45) is 2.29. The SMILES string of the molecule is OCc1ccc2c(c1)OCC21CCN(Cc2ccccc2)CC1. The molecule has 23 heavy (non-hydrogen) atoms. The van der Waals surface area contributed by atoms with E-state index in [0.717, 1.165) is 50.4 Å². The van der Waals surface area contributed by atoms with E-state index >= 15 is 0 Å². The second-order valence-electron chi connectivity index (χ2n) is 6.82. The standard InChI is InChI=1S/C20H23NO2/c22-14-17-6-7-18-19(12-17)23-15-20(18)8-10-21(11-9-20)13-16-4-2-1-3-5-16/h1-7,12,22H,8-11,13-15H2. The average molecular weight is 309 g/mol. The lowest BCUT2D eigenvalue weighted by Gasteiger charge is -2.38. The molecule has 0 unspecified atom stereocenters. The number of fused-ring (bicyclic) bond motifs is 2. The zero-order chi connectivity index (χ0) is 15.7. The third-order valence-electron chi connectivity index (χ3n) is 5.37. The van der Waals surface area contributed by atoms with Crippen molar-refractivity contribution in [3.8, 4) is 5.75 Å². The van der Waals surface area contributed by atoms with Gasteiger partial charge < -0.3 is 9.84 Å². The highest BCUT2D eigenvalue weighted by Crippen LogP contribution is 2.45. The van der Waals surface area contributed by atoms with Gasteiger partial charge in [0.2, 0.25) is 0 Å². The van der Waals surface area contributed by atoms with Crippen LogP contribution in [0, 0.1) is 0 Å². The van der Waals surface area contributed by atoms with Gasteiger partial charge >= 0.3 is 0 Å². The van der Waals surface area contributed by atoms with E-state index in [9.17, 15) is 5.11 Å². The van der Waals surface area contributed by atoms with Crippen molar-refractivity contribution < 1.29 is 9.84 Å². The smallest absolute Gasteiger partial charge is 0.123 e. The predicted molar refractivity (Wildman–Crippen MR) is 90.5 cm³/mol. The van der Waals surface area contributed by atoms with E-state index in [1.165, 1.54) is 11.1 Å². The van der Waals surface area contributed by atoms with Gasteiger partial charge in [0.15, 0.2) is 0 Å². The van der Waals surface area contributed by atoms with E-state index in [2.05, 4.69) is 41.3 Å². The van der Waals surface area contributed by atoms with Crippen LogP contribution in [0.4, 0.5) is 0 Å². The Labute approximate surface area is 137 Å². The van der Waals surface area contributed by atoms with Gasteiger partial charge in [0.25, 0.3) is 0 Å². The Bertz CT molecular complexity index is 675. The van der Waals surface area contributed by atoms with Gasteiger partial charge in [0.1, 0.15) is 5.75 Å². The molecule has 0 aromatic heterocycles. The molecule has 3 nitrogen and oxygen atoms in total. The number of aliphatic hydroxyl groups excluding tert-OH is 1. The van der Waals surface area contributed by atoms with Crippen LogP contribution >= 0.6 is 0 Å². The molecule has 1 fully saturated rings. The molecule has 2 aliphatic rings. The molecule has 0 bridgehead atoms. The van der Waals surface area contributed by atoms with Crippen molar-refractivity contribution in [3.05, 3.63) is 65.2 Å². The molecule has 120 valence electrons. The summed E-state index contributed by atoms with van der Waals surface area (Å²) >= 11 is 0. The van der Waals surface area contributed by atoms with Crippen LogP contribution in [0.1, 0.15) is 29.5 Å². The van der Waals surface area contributed by atoms with Gasteiger partial charge in [-0.1, -0.05) is 42.5 Å². The molecule has 0 radical (unpaired) electrons. The number of ether oxygens (including phenoxy) is 1. The fourth-order valence-electron chi connectivity index (χ4n) is 3.91. The minimum Gasteiger partial charge on any atom is -0.492 e. The molecule has 0 atom stereocenters. The number of nitrogens with zero attached hydrogens (tertiary/aromatic N) is 1. The van der Waals surface area contributed by atoms with E-state index < -0.39 is 0 Å².